The molecule has 4 rings (SSSR count). The second-order valence-corrected chi connectivity index (χ2v) is 6.67. The van der Waals surface area contributed by atoms with Gasteiger partial charge in [0.2, 0.25) is 0 Å². The molecule has 26 heavy (non-hydrogen) atoms. The van der Waals surface area contributed by atoms with Crippen molar-refractivity contribution in [2.45, 2.75) is 6.42 Å². The first-order valence-corrected chi connectivity index (χ1v) is 9.07. The third kappa shape index (κ3) is 3.55. The zero-order valence-corrected chi connectivity index (χ0v) is 14.7. The molecule has 4 aromatic rings. The highest BCUT2D eigenvalue weighted by Crippen LogP contribution is 2.15. The van der Waals surface area contributed by atoms with Gasteiger partial charge in [0.15, 0.2) is 0 Å². The quantitative estimate of drug-likeness (QED) is 0.417. The second kappa shape index (κ2) is 7.33. The van der Waals surface area contributed by atoms with E-state index in [9.17, 15) is 4.79 Å². The van der Waals surface area contributed by atoms with Gasteiger partial charge in [-0.15, -0.1) is 11.3 Å². The van der Waals surface area contributed by atoms with E-state index >= 15 is 0 Å². The van der Waals surface area contributed by atoms with Crippen molar-refractivity contribution in [1.29, 1.82) is 0 Å². The zero-order chi connectivity index (χ0) is 17.8. The number of aromatic nitrogens is 2. The molecule has 0 aliphatic carbocycles. The summed E-state index contributed by atoms with van der Waals surface area (Å²) in [7, 11) is 0. The molecule has 0 saturated carbocycles. The largest absolute Gasteiger partial charge is 0.342 e. The first-order valence-electron chi connectivity index (χ1n) is 8.19. The highest BCUT2D eigenvalue weighted by Gasteiger charge is 2.11. The number of rotatable bonds is 5. The minimum absolute atomic E-state index is 0.232. The van der Waals surface area contributed by atoms with Crippen molar-refractivity contribution in [3.05, 3.63) is 88.4 Å². The predicted molar refractivity (Wildman–Crippen MR) is 105 cm³/mol. The number of imidazole rings is 1. The summed E-state index contributed by atoms with van der Waals surface area (Å²) in [6.45, 7) is 0. The molecule has 0 bridgehead atoms. The lowest BCUT2D eigenvalue weighted by Gasteiger charge is -2.04. The molecule has 2 aromatic heterocycles. The Balaban J connectivity index is 1.59. The van der Waals surface area contributed by atoms with Gasteiger partial charge < -0.3 is 4.98 Å². The first-order chi connectivity index (χ1) is 12.8. The Kier molecular flexibility index (Phi) is 4.57. The van der Waals surface area contributed by atoms with Crippen LogP contribution in [-0.4, -0.2) is 21.6 Å². The van der Waals surface area contributed by atoms with Crippen molar-refractivity contribution in [2.75, 3.05) is 0 Å². The SMILES string of the molecule is O=C(N/N=C(\Cc1nc2ccccc2[nH]1)c1cccs1)c1ccccc1. The molecular formula is C20H16N4OS. The van der Waals surface area contributed by atoms with Crippen molar-refractivity contribution >= 4 is 34.0 Å². The van der Waals surface area contributed by atoms with E-state index < -0.39 is 0 Å². The van der Waals surface area contributed by atoms with Gasteiger partial charge in [0.1, 0.15) is 5.82 Å². The van der Waals surface area contributed by atoms with Crippen molar-refractivity contribution < 1.29 is 4.79 Å². The molecule has 0 aliphatic rings. The molecule has 1 amide bonds. The smallest absolute Gasteiger partial charge is 0.271 e. The van der Waals surface area contributed by atoms with Crippen LogP contribution in [0.4, 0.5) is 0 Å². The van der Waals surface area contributed by atoms with E-state index in [0.29, 0.717) is 12.0 Å². The van der Waals surface area contributed by atoms with Crippen LogP contribution in [0.1, 0.15) is 21.1 Å². The summed E-state index contributed by atoms with van der Waals surface area (Å²) in [6.07, 6.45) is 0.504. The van der Waals surface area contributed by atoms with Crippen molar-refractivity contribution in [1.82, 2.24) is 15.4 Å². The van der Waals surface area contributed by atoms with Gasteiger partial charge in [0.05, 0.1) is 28.0 Å². The van der Waals surface area contributed by atoms with Crippen LogP contribution >= 0.6 is 11.3 Å². The maximum Gasteiger partial charge on any atom is 0.271 e. The third-order valence-corrected chi connectivity index (χ3v) is 4.83. The Hall–Kier alpha value is -3.25. The Morgan fingerprint density at radius 1 is 1.04 bits per heavy atom. The average Bonchev–Trinajstić information content (AvgIpc) is 3.34. The number of para-hydroxylation sites is 2. The third-order valence-electron chi connectivity index (χ3n) is 3.91. The van der Waals surface area contributed by atoms with Crippen molar-refractivity contribution in [3.8, 4) is 0 Å². The summed E-state index contributed by atoms with van der Waals surface area (Å²) in [5.41, 5.74) is 5.90. The fourth-order valence-electron chi connectivity index (χ4n) is 2.64. The molecule has 128 valence electrons. The summed E-state index contributed by atoms with van der Waals surface area (Å²) in [5.74, 6) is 0.580. The number of thiophene rings is 1. The van der Waals surface area contributed by atoms with Crippen LogP contribution in [0.5, 0.6) is 0 Å². The number of hydrogen-bond acceptors (Lipinski definition) is 4. The van der Waals surface area contributed by atoms with E-state index in [-0.39, 0.29) is 5.91 Å². The average molecular weight is 360 g/mol. The molecule has 0 unspecified atom stereocenters. The standard InChI is InChI=1S/C20H16N4OS/c25-20(14-7-2-1-3-8-14)24-23-17(18-11-6-12-26-18)13-19-21-15-9-4-5-10-16(15)22-19/h1-12H,13H2,(H,21,22)(H,24,25)/b23-17+. The van der Waals surface area contributed by atoms with Crippen LogP contribution in [0.15, 0.2) is 77.2 Å². The van der Waals surface area contributed by atoms with Gasteiger partial charge in [-0.3, -0.25) is 4.79 Å². The van der Waals surface area contributed by atoms with Crippen LogP contribution in [0.3, 0.4) is 0 Å². The minimum Gasteiger partial charge on any atom is -0.342 e. The Bertz CT molecular complexity index is 1020. The van der Waals surface area contributed by atoms with E-state index in [4.69, 9.17) is 0 Å². The zero-order valence-electron chi connectivity index (χ0n) is 13.8. The number of amides is 1. The molecule has 0 radical (unpaired) electrons. The monoisotopic (exact) mass is 360 g/mol. The topological polar surface area (TPSA) is 70.1 Å². The van der Waals surface area contributed by atoms with Gasteiger partial charge in [-0.05, 0) is 35.7 Å². The number of nitrogens with one attached hydrogen (secondary N) is 2. The number of hydrogen-bond donors (Lipinski definition) is 2. The molecule has 2 aromatic carbocycles. The summed E-state index contributed by atoms with van der Waals surface area (Å²) >= 11 is 1.58. The molecule has 0 fully saturated rings. The molecule has 0 atom stereocenters. The number of benzene rings is 2. The Morgan fingerprint density at radius 2 is 1.85 bits per heavy atom. The Labute approximate surface area is 154 Å². The van der Waals surface area contributed by atoms with Gasteiger partial charge in [0.25, 0.3) is 5.91 Å². The van der Waals surface area contributed by atoms with Gasteiger partial charge in [0, 0.05) is 5.56 Å². The highest BCUT2D eigenvalue weighted by molar-refractivity contribution is 7.12. The van der Waals surface area contributed by atoms with E-state index in [1.165, 1.54) is 0 Å². The van der Waals surface area contributed by atoms with Crippen LogP contribution in [-0.2, 0) is 6.42 Å². The molecule has 0 spiro atoms. The summed E-state index contributed by atoms with van der Waals surface area (Å²) in [4.78, 5) is 21.2. The molecule has 2 N–H and O–H groups in total. The van der Waals surface area contributed by atoms with E-state index in [1.807, 2.05) is 60.0 Å². The number of nitrogens with zero attached hydrogens (tertiary/aromatic N) is 2. The minimum atomic E-state index is -0.232. The highest BCUT2D eigenvalue weighted by atomic mass is 32.1. The number of aromatic amines is 1. The number of fused-ring (bicyclic) bond motifs is 1. The molecule has 2 heterocycles. The number of hydrazone groups is 1. The fourth-order valence-corrected chi connectivity index (χ4v) is 3.36. The summed E-state index contributed by atoms with van der Waals surface area (Å²) in [6, 6.07) is 20.9. The van der Waals surface area contributed by atoms with Gasteiger partial charge >= 0.3 is 0 Å². The lowest BCUT2D eigenvalue weighted by Crippen LogP contribution is -2.20. The first kappa shape index (κ1) is 16.2. The lowest BCUT2D eigenvalue weighted by molar-refractivity contribution is 0.0955. The van der Waals surface area contributed by atoms with Gasteiger partial charge in [-0.2, -0.15) is 5.10 Å². The van der Waals surface area contributed by atoms with Crippen LogP contribution in [0, 0.1) is 0 Å². The maximum absolute atomic E-state index is 12.3. The van der Waals surface area contributed by atoms with E-state index in [0.717, 1.165) is 27.4 Å². The van der Waals surface area contributed by atoms with Crippen molar-refractivity contribution in [2.24, 2.45) is 5.10 Å². The molecule has 5 nitrogen and oxygen atoms in total. The number of H-pyrrole nitrogens is 1. The van der Waals surface area contributed by atoms with Gasteiger partial charge in [-0.25, -0.2) is 10.4 Å². The predicted octanol–water partition coefficient (Wildman–Crippen LogP) is 4.00. The van der Waals surface area contributed by atoms with Crippen LogP contribution in [0.25, 0.3) is 11.0 Å². The summed E-state index contributed by atoms with van der Waals surface area (Å²) in [5, 5.41) is 6.36. The molecule has 0 aliphatic heterocycles. The normalized spacial score (nSPS) is 11.6. The number of carbonyl (C=O) groups is 1. The Morgan fingerprint density at radius 3 is 2.62 bits per heavy atom. The van der Waals surface area contributed by atoms with Gasteiger partial charge in [-0.1, -0.05) is 36.4 Å². The fraction of sp³-hybridized carbons (Fsp3) is 0.0500. The molecular weight excluding hydrogens is 344 g/mol. The van der Waals surface area contributed by atoms with E-state index in [2.05, 4.69) is 20.5 Å². The van der Waals surface area contributed by atoms with Crippen LogP contribution < -0.4 is 5.43 Å². The van der Waals surface area contributed by atoms with Crippen LogP contribution in [0.2, 0.25) is 0 Å². The maximum atomic E-state index is 12.3. The summed E-state index contributed by atoms with van der Waals surface area (Å²) < 4.78 is 0. The number of carbonyl (C=O) groups excluding carboxylic acids is 1. The molecule has 6 heteroatoms. The second-order valence-electron chi connectivity index (χ2n) is 5.72. The molecule has 0 saturated heterocycles. The van der Waals surface area contributed by atoms with E-state index in [1.54, 1.807) is 23.5 Å². The van der Waals surface area contributed by atoms with Crippen molar-refractivity contribution in [3.63, 3.8) is 0 Å². The lowest BCUT2D eigenvalue weighted by atomic mass is 10.2.